The third-order valence-electron chi connectivity index (χ3n) is 2.05. The van der Waals surface area contributed by atoms with E-state index >= 15 is 0 Å². The van der Waals surface area contributed by atoms with Crippen LogP contribution >= 0.6 is 0 Å². The molecule has 1 aromatic rings. The minimum absolute atomic E-state index is 0.621. The molecule has 0 aliphatic rings. The number of pyridine rings is 1. The second-order valence-corrected chi connectivity index (χ2v) is 3.28. The predicted octanol–water partition coefficient (Wildman–Crippen LogP) is 3.04. The minimum atomic E-state index is 0.621. The molecule has 0 spiro atoms. The fourth-order valence-corrected chi connectivity index (χ4v) is 1.25. The summed E-state index contributed by atoms with van der Waals surface area (Å²) in [4.78, 5) is 4.21. The number of methoxy groups -OCH3 is 1. The van der Waals surface area contributed by atoms with Crippen molar-refractivity contribution in [3.8, 4) is 0 Å². The molecule has 0 bridgehead atoms. The number of allylic oxidation sites excluding steroid dienone is 1. The summed E-state index contributed by atoms with van der Waals surface area (Å²) in [7, 11) is 1.60. The summed E-state index contributed by atoms with van der Waals surface area (Å²) in [6, 6.07) is 1.99. The molecule has 2 nitrogen and oxygen atoms in total. The highest BCUT2D eigenvalue weighted by molar-refractivity contribution is 5.74. The van der Waals surface area contributed by atoms with Gasteiger partial charge in [-0.05, 0) is 25.5 Å². The van der Waals surface area contributed by atoms with Crippen LogP contribution in [0.5, 0.6) is 0 Å². The zero-order valence-electron chi connectivity index (χ0n) is 8.92. The van der Waals surface area contributed by atoms with Crippen molar-refractivity contribution in [2.75, 3.05) is 7.11 Å². The number of hydrogen-bond donors (Lipinski definition) is 0. The van der Waals surface area contributed by atoms with Crippen molar-refractivity contribution in [1.82, 2.24) is 4.98 Å². The molecule has 0 radical (unpaired) electrons. The predicted molar refractivity (Wildman–Crippen MR) is 59.7 cm³/mol. The molecule has 2 heteroatoms. The number of rotatable bonds is 3. The van der Waals surface area contributed by atoms with Crippen LogP contribution in [0.2, 0.25) is 0 Å². The Hall–Kier alpha value is -1.57. The normalized spacial score (nSPS) is 9.64. The van der Waals surface area contributed by atoms with Crippen LogP contribution in [0.25, 0.3) is 11.3 Å². The largest absolute Gasteiger partial charge is 0.497 e. The van der Waals surface area contributed by atoms with E-state index in [1.807, 2.05) is 19.9 Å². The summed E-state index contributed by atoms with van der Waals surface area (Å²) in [6.45, 7) is 11.6. The molecule has 1 rings (SSSR count). The van der Waals surface area contributed by atoms with E-state index in [-0.39, 0.29) is 0 Å². The molecule has 0 unspecified atom stereocenters. The summed E-state index contributed by atoms with van der Waals surface area (Å²) >= 11 is 0. The second-order valence-electron chi connectivity index (χ2n) is 3.28. The van der Waals surface area contributed by atoms with Gasteiger partial charge in [-0.2, -0.15) is 0 Å². The minimum Gasteiger partial charge on any atom is -0.497 e. The van der Waals surface area contributed by atoms with E-state index in [2.05, 4.69) is 18.1 Å². The summed E-state index contributed by atoms with van der Waals surface area (Å²) in [6.07, 6.45) is 1.77. The molecule has 0 saturated heterocycles. The van der Waals surface area contributed by atoms with Gasteiger partial charge in [0.25, 0.3) is 0 Å². The summed E-state index contributed by atoms with van der Waals surface area (Å²) in [5, 5.41) is 0. The standard InChI is InChI=1S/C12H15NO/c1-8(2)11-6-9(3)13-7-12(11)10(4)14-5/h6-7H,1,4H2,2-3,5H3. The Bertz CT molecular complexity index is 380. The Balaban J connectivity index is 3.28. The number of aromatic nitrogens is 1. The molecular formula is C12H15NO. The molecule has 0 atom stereocenters. The van der Waals surface area contributed by atoms with E-state index in [4.69, 9.17) is 4.74 Å². The van der Waals surface area contributed by atoms with Gasteiger partial charge in [-0.1, -0.05) is 18.7 Å². The van der Waals surface area contributed by atoms with Crippen molar-refractivity contribution >= 4 is 11.3 Å². The van der Waals surface area contributed by atoms with Crippen LogP contribution in [0.15, 0.2) is 25.4 Å². The fraction of sp³-hybridized carbons (Fsp3) is 0.250. The van der Waals surface area contributed by atoms with Crippen molar-refractivity contribution in [1.29, 1.82) is 0 Å². The summed E-state index contributed by atoms with van der Waals surface area (Å²) in [5.41, 5.74) is 3.91. The van der Waals surface area contributed by atoms with E-state index < -0.39 is 0 Å². The number of hydrogen-bond acceptors (Lipinski definition) is 2. The van der Waals surface area contributed by atoms with Crippen LogP contribution in [0, 0.1) is 6.92 Å². The van der Waals surface area contributed by atoms with Gasteiger partial charge in [-0.3, -0.25) is 4.98 Å². The summed E-state index contributed by atoms with van der Waals surface area (Å²) < 4.78 is 5.09. The van der Waals surface area contributed by atoms with Crippen LogP contribution in [-0.2, 0) is 4.74 Å². The Morgan fingerprint density at radius 1 is 1.36 bits per heavy atom. The first kappa shape index (κ1) is 10.5. The molecule has 74 valence electrons. The molecule has 0 aliphatic heterocycles. The van der Waals surface area contributed by atoms with Crippen molar-refractivity contribution < 1.29 is 4.74 Å². The van der Waals surface area contributed by atoms with Gasteiger partial charge < -0.3 is 4.74 Å². The van der Waals surface area contributed by atoms with E-state index in [0.29, 0.717) is 5.76 Å². The Morgan fingerprint density at radius 3 is 2.50 bits per heavy atom. The molecule has 1 aromatic heterocycles. The van der Waals surface area contributed by atoms with Crippen LogP contribution in [-0.4, -0.2) is 12.1 Å². The highest BCUT2D eigenvalue weighted by Crippen LogP contribution is 2.23. The second kappa shape index (κ2) is 4.09. The molecule has 0 fully saturated rings. The molecule has 0 amide bonds. The van der Waals surface area contributed by atoms with E-state index in [0.717, 1.165) is 22.4 Å². The van der Waals surface area contributed by atoms with Crippen LogP contribution in [0.1, 0.15) is 23.7 Å². The third-order valence-corrected chi connectivity index (χ3v) is 2.05. The first-order valence-corrected chi connectivity index (χ1v) is 4.42. The number of ether oxygens (including phenoxy) is 1. The quantitative estimate of drug-likeness (QED) is 0.682. The Kier molecular flexibility index (Phi) is 3.07. The number of aryl methyl sites for hydroxylation is 1. The topological polar surface area (TPSA) is 22.1 Å². The maximum absolute atomic E-state index is 5.09. The fourth-order valence-electron chi connectivity index (χ4n) is 1.25. The molecular weight excluding hydrogens is 174 g/mol. The first-order valence-electron chi connectivity index (χ1n) is 4.42. The number of nitrogens with zero attached hydrogens (tertiary/aromatic N) is 1. The van der Waals surface area contributed by atoms with E-state index in [9.17, 15) is 0 Å². The van der Waals surface area contributed by atoms with Crippen molar-refractivity contribution in [3.05, 3.63) is 42.2 Å². The van der Waals surface area contributed by atoms with Gasteiger partial charge in [0, 0.05) is 17.5 Å². The lowest BCUT2D eigenvalue weighted by Gasteiger charge is -2.10. The van der Waals surface area contributed by atoms with Gasteiger partial charge in [-0.15, -0.1) is 0 Å². The Morgan fingerprint density at radius 2 is 2.00 bits per heavy atom. The van der Waals surface area contributed by atoms with E-state index in [1.165, 1.54) is 0 Å². The molecule has 0 aliphatic carbocycles. The highest BCUT2D eigenvalue weighted by atomic mass is 16.5. The van der Waals surface area contributed by atoms with Gasteiger partial charge in [0.1, 0.15) is 5.76 Å². The van der Waals surface area contributed by atoms with Crippen LogP contribution < -0.4 is 0 Å². The zero-order valence-corrected chi connectivity index (χ0v) is 8.92. The van der Waals surface area contributed by atoms with Crippen molar-refractivity contribution in [2.24, 2.45) is 0 Å². The molecule has 0 aromatic carbocycles. The van der Waals surface area contributed by atoms with Crippen LogP contribution in [0.3, 0.4) is 0 Å². The van der Waals surface area contributed by atoms with Gasteiger partial charge in [0.05, 0.1) is 7.11 Å². The van der Waals surface area contributed by atoms with Gasteiger partial charge in [0.2, 0.25) is 0 Å². The monoisotopic (exact) mass is 189 g/mol. The molecule has 1 heterocycles. The van der Waals surface area contributed by atoms with Gasteiger partial charge in [0.15, 0.2) is 0 Å². The molecule has 0 N–H and O–H groups in total. The maximum Gasteiger partial charge on any atom is 0.121 e. The van der Waals surface area contributed by atoms with Gasteiger partial charge >= 0.3 is 0 Å². The smallest absolute Gasteiger partial charge is 0.121 e. The van der Waals surface area contributed by atoms with E-state index in [1.54, 1.807) is 13.3 Å². The highest BCUT2D eigenvalue weighted by Gasteiger charge is 2.07. The lowest BCUT2D eigenvalue weighted by molar-refractivity contribution is 0.371. The first-order chi connectivity index (χ1) is 6.56. The van der Waals surface area contributed by atoms with Crippen molar-refractivity contribution in [2.45, 2.75) is 13.8 Å². The lowest BCUT2D eigenvalue weighted by Crippen LogP contribution is -1.95. The lowest BCUT2D eigenvalue weighted by atomic mass is 10.0. The van der Waals surface area contributed by atoms with Crippen molar-refractivity contribution in [3.63, 3.8) is 0 Å². The average Bonchev–Trinajstić information content (AvgIpc) is 2.16. The molecule has 14 heavy (non-hydrogen) atoms. The van der Waals surface area contributed by atoms with Crippen LogP contribution in [0.4, 0.5) is 0 Å². The van der Waals surface area contributed by atoms with Gasteiger partial charge in [-0.25, -0.2) is 0 Å². The third kappa shape index (κ3) is 2.02. The summed E-state index contributed by atoms with van der Waals surface area (Å²) in [5.74, 6) is 0.621. The maximum atomic E-state index is 5.09. The zero-order chi connectivity index (χ0) is 10.7. The SMILES string of the molecule is C=C(C)c1cc(C)ncc1C(=C)OC. The Labute approximate surface area is 84.9 Å². The molecule has 0 saturated carbocycles. The average molecular weight is 189 g/mol.